The van der Waals surface area contributed by atoms with Crippen LogP contribution in [0.3, 0.4) is 0 Å². The number of amides is 2. The Morgan fingerprint density at radius 3 is 2.36 bits per heavy atom. The number of rotatable bonds is 4. The van der Waals surface area contributed by atoms with E-state index in [1.54, 1.807) is 0 Å². The minimum absolute atomic E-state index is 0.123. The van der Waals surface area contributed by atoms with Gasteiger partial charge in [-0.25, -0.2) is 4.79 Å². The van der Waals surface area contributed by atoms with Crippen LogP contribution in [-0.4, -0.2) is 25.7 Å². The molecule has 0 aliphatic heterocycles. The zero-order valence-electron chi connectivity index (χ0n) is 7.35. The summed E-state index contributed by atoms with van der Waals surface area (Å²) in [5.74, 6) is 0.398. The van der Waals surface area contributed by atoms with Gasteiger partial charge in [0, 0.05) is 12.6 Å². The van der Waals surface area contributed by atoms with Crippen LogP contribution in [0.1, 0.15) is 13.8 Å². The van der Waals surface area contributed by atoms with Gasteiger partial charge in [0.25, 0.3) is 0 Å². The fourth-order valence-electron chi connectivity index (χ4n) is 0.856. The molecule has 0 saturated heterocycles. The number of hydrogen-bond donors (Lipinski definition) is 3. The van der Waals surface area contributed by atoms with Crippen LogP contribution in [-0.2, 0) is 0 Å². The standard InChI is InChI=1S/C7H17N3O/c1-5(2)6(4-9-3)10-7(8)11/h5-6,9H,4H2,1-3H3,(H3,8,10,11). The van der Waals surface area contributed by atoms with Gasteiger partial charge in [-0.1, -0.05) is 13.8 Å². The summed E-state index contributed by atoms with van der Waals surface area (Å²) in [5.41, 5.74) is 4.98. The van der Waals surface area contributed by atoms with Crippen LogP contribution in [0.2, 0.25) is 0 Å². The highest BCUT2D eigenvalue weighted by molar-refractivity contribution is 5.72. The molecule has 0 aromatic heterocycles. The predicted octanol–water partition coefficient (Wildman–Crippen LogP) is -0.101. The van der Waals surface area contributed by atoms with Crippen LogP contribution < -0.4 is 16.4 Å². The van der Waals surface area contributed by atoms with Crippen molar-refractivity contribution < 1.29 is 4.79 Å². The number of nitrogens with two attached hydrogens (primary N) is 1. The Balaban J connectivity index is 3.79. The Morgan fingerprint density at radius 1 is 1.55 bits per heavy atom. The Morgan fingerprint density at radius 2 is 2.09 bits per heavy atom. The molecule has 4 N–H and O–H groups in total. The number of nitrogens with one attached hydrogen (secondary N) is 2. The topological polar surface area (TPSA) is 67.2 Å². The zero-order valence-corrected chi connectivity index (χ0v) is 7.35. The summed E-state index contributed by atoms with van der Waals surface area (Å²) in [6, 6.07) is -0.337. The number of primary amides is 1. The number of hydrogen-bond acceptors (Lipinski definition) is 2. The van der Waals surface area contributed by atoms with Crippen molar-refractivity contribution in [1.29, 1.82) is 0 Å². The van der Waals surface area contributed by atoms with Gasteiger partial charge >= 0.3 is 6.03 Å². The molecule has 4 heteroatoms. The fourth-order valence-corrected chi connectivity index (χ4v) is 0.856. The van der Waals surface area contributed by atoms with Crippen LogP contribution >= 0.6 is 0 Å². The molecule has 0 aromatic rings. The molecule has 0 heterocycles. The number of likely N-dealkylation sites (N-methyl/N-ethyl adjacent to an activating group) is 1. The first kappa shape index (κ1) is 10.2. The minimum Gasteiger partial charge on any atom is -0.352 e. The molecule has 0 radical (unpaired) electrons. The molecule has 0 aliphatic rings. The molecule has 66 valence electrons. The second-order valence-corrected chi connectivity index (χ2v) is 2.92. The zero-order chi connectivity index (χ0) is 8.85. The smallest absolute Gasteiger partial charge is 0.312 e. The minimum atomic E-state index is -0.459. The van der Waals surface area contributed by atoms with Crippen molar-refractivity contribution in [3.63, 3.8) is 0 Å². The molecular formula is C7H17N3O. The third kappa shape index (κ3) is 4.61. The summed E-state index contributed by atoms with van der Waals surface area (Å²) in [6.45, 7) is 4.83. The highest BCUT2D eigenvalue weighted by atomic mass is 16.2. The number of urea groups is 1. The molecule has 11 heavy (non-hydrogen) atoms. The molecule has 1 atom stereocenters. The van der Waals surface area contributed by atoms with E-state index in [-0.39, 0.29) is 6.04 Å². The van der Waals surface area contributed by atoms with Gasteiger partial charge in [0.2, 0.25) is 0 Å². The van der Waals surface area contributed by atoms with E-state index in [0.717, 1.165) is 6.54 Å². The lowest BCUT2D eigenvalue weighted by Gasteiger charge is -2.20. The lowest BCUT2D eigenvalue weighted by atomic mass is 10.1. The molecular weight excluding hydrogens is 142 g/mol. The molecule has 4 nitrogen and oxygen atoms in total. The van der Waals surface area contributed by atoms with E-state index in [1.807, 2.05) is 20.9 Å². The average molecular weight is 159 g/mol. The highest BCUT2D eigenvalue weighted by Gasteiger charge is 2.12. The first-order chi connectivity index (χ1) is 5.07. The highest BCUT2D eigenvalue weighted by Crippen LogP contribution is 1.98. The fraction of sp³-hybridized carbons (Fsp3) is 0.857. The Hall–Kier alpha value is -0.770. The van der Waals surface area contributed by atoms with Crippen molar-refractivity contribution in [1.82, 2.24) is 10.6 Å². The maximum Gasteiger partial charge on any atom is 0.312 e. The normalized spacial score (nSPS) is 13.1. The molecule has 0 bridgehead atoms. The van der Waals surface area contributed by atoms with Crippen LogP contribution in [0.15, 0.2) is 0 Å². The van der Waals surface area contributed by atoms with Gasteiger partial charge in [-0.3, -0.25) is 0 Å². The average Bonchev–Trinajstić information content (AvgIpc) is 1.86. The summed E-state index contributed by atoms with van der Waals surface area (Å²) >= 11 is 0. The Bertz CT molecular complexity index is 125. The van der Waals surface area contributed by atoms with Gasteiger partial charge in [-0.05, 0) is 13.0 Å². The van der Waals surface area contributed by atoms with E-state index < -0.39 is 6.03 Å². The lowest BCUT2D eigenvalue weighted by Crippen LogP contribution is -2.46. The van der Waals surface area contributed by atoms with E-state index >= 15 is 0 Å². The second-order valence-electron chi connectivity index (χ2n) is 2.92. The van der Waals surface area contributed by atoms with E-state index in [4.69, 9.17) is 5.73 Å². The predicted molar refractivity (Wildman–Crippen MR) is 45.3 cm³/mol. The van der Waals surface area contributed by atoms with Gasteiger partial charge in [0.15, 0.2) is 0 Å². The summed E-state index contributed by atoms with van der Waals surface area (Å²) in [7, 11) is 1.85. The van der Waals surface area contributed by atoms with E-state index in [2.05, 4.69) is 10.6 Å². The van der Waals surface area contributed by atoms with Gasteiger partial charge in [-0.15, -0.1) is 0 Å². The van der Waals surface area contributed by atoms with Gasteiger partial charge in [-0.2, -0.15) is 0 Å². The molecule has 1 unspecified atom stereocenters. The molecule has 0 fully saturated rings. The second kappa shape index (κ2) is 4.96. The lowest BCUT2D eigenvalue weighted by molar-refractivity contribution is 0.241. The molecule has 0 rings (SSSR count). The summed E-state index contributed by atoms with van der Waals surface area (Å²) in [6.07, 6.45) is 0. The number of carbonyl (C=O) groups excluding carboxylic acids is 1. The van der Waals surface area contributed by atoms with Gasteiger partial charge < -0.3 is 16.4 Å². The monoisotopic (exact) mass is 159 g/mol. The molecule has 0 spiro atoms. The van der Waals surface area contributed by atoms with Crippen LogP contribution in [0.4, 0.5) is 4.79 Å². The van der Waals surface area contributed by atoms with Crippen LogP contribution in [0, 0.1) is 5.92 Å². The van der Waals surface area contributed by atoms with Crippen molar-refractivity contribution in [2.45, 2.75) is 19.9 Å². The van der Waals surface area contributed by atoms with E-state index in [0.29, 0.717) is 5.92 Å². The maximum absolute atomic E-state index is 10.5. The summed E-state index contributed by atoms with van der Waals surface area (Å²) < 4.78 is 0. The van der Waals surface area contributed by atoms with Crippen molar-refractivity contribution >= 4 is 6.03 Å². The molecule has 0 aliphatic carbocycles. The van der Waals surface area contributed by atoms with E-state index in [1.165, 1.54) is 0 Å². The SMILES string of the molecule is CNCC(NC(N)=O)C(C)C. The summed E-state index contributed by atoms with van der Waals surface area (Å²) in [5, 5.41) is 5.64. The molecule has 0 saturated carbocycles. The van der Waals surface area contributed by atoms with Crippen molar-refractivity contribution in [3.8, 4) is 0 Å². The Labute approximate surface area is 67.5 Å². The van der Waals surface area contributed by atoms with Crippen molar-refractivity contribution in [2.75, 3.05) is 13.6 Å². The largest absolute Gasteiger partial charge is 0.352 e. The molecule has 0 aromatic carbocycles. The summed E-state index contributed by atoms with van der Waals surface area (Å²) in [4.78, 5) is 10.5. The first-order valence-electron chi connectivity index (χ1n) is 3.78. The van der Waals surface area contributed by atoms with Crippen molar-refractivity contribution in [2.24, 2.45) is 11.7 Å². The third-order valence-electron chi connectivity index (χ3n) is 1.56. The van der Waals surface area contributed by atoms with Gasteiger partial charge in [0.05, 0.1) is 0 Å². The van der Waals surface area contributed by atoms with Crippen LogP contribution in [0.5, 0.6) is 0 Å². The quantitative estimate of drug-likeness (QED) is 0.536. The number of carbonyl (C=O) groups is 1. The van der Waals surface area contributed by atoms with E-state index in [9.17, 15) is 4.79 Å². The maximum atomic E-state index is 10.5. The van der Waals surface area contributed by atoms with Crippen LogP contribution in [0.25, 0.3) is 0 Å². The van der Waals surface area contributed by atoms with Crippen molar-refractivity contribution in [3.05, 3.63) is 0 Å². The third-order valence-corrected chi connectivity index (χ3v) is 1.56. The van der Waals surface area contributed by atoms with Gasteiger partial charge in [0.1, 0.15) is 0 Å². The molecule has 2 amide bonds. The first-order valence-corrected chi connectivity index (χ1v) is 3.78. The Kier molecular flexibility index (Phi) is 4.61.